The third kappa shape index (κ3) is 3.41. The predicted molar refractivity (Wildman–Crippen MR) is 167 cm³/mol. The average Bonchev–Trinajstić information content (AvgIpc) is 3.21. The second kappa shape index (κ2) is 8.45. The highest BCUT2D eigenvalue weighted by Gasteiger charge is 2.59. The van der Waals surface area contributed by atoms with Crippen LogP contribution in [0.25, 0.3) is 11.1 Å². The Kier molecular flexibility index (Phi) is 6.00. The molecule has 0 aromatic heterocycles. The van der Waals surface area contributed by atoms with Crippen LogP contribution in [0, 0.1) is 23.2 Å². The highest BCUT2D eigenvalue weighted by molar-refractivity contribution is 5.90. The maximum atomic E-state index is 4.92. The molecule has 1 aromatic carbocycles. The molecule has 1 aromatic rings. The minimum atomic E-state index is -0.114. The smallest absolute Gasteiger partial charge is 0.0194 e. The lowest BCUT2D eigenvalue weighted by Crippen LogP contribution is -2.52. The first-order valence-corrected chi connectivity index (χ1v) is 14.6. The standard InChI is InChI=1S/C38H48/c1-21(2)30-17-31(29-15-14-23(5)16-29)25(7)34-26(8)35-28(10)38(13)27(9)33(22(3)4)24(6)18-37(38,12)20-36(35,11)19-32(30)34/h14-15,17,21H,3,8-9,16,18-20H2,1-2,4-7,10-13H3/t36-,37+,38-/m1/s1. The zero-order chi connectivity index (χ0) is 28.1. The number of allylic oxidation sites excluding steroid dienone is 11. The molecule has 0 amide bonds. The van der Waals surface area contributed by atoms with Crippen molar-refractivity contribution in [2.45, 2.75) is 101 Å². The van der Waals surface area contributed by atoms with E-state index >= 15 is 0 Å². The topological polar surface area (TPSA) is 0 Å². The Bertz CT molecular complexity index is 1460. The number of benzene rings is 1. The Hall–Kier alpha value is -2.60. The van der Waals surface area contributed by atoms with Crippen molar-refractivity contribution in [2.75, 3.05) is 0 Å². The van der Waals surface area contributed by atoms with Gasteiger partial charge in [0.2, 0.25) is 0 Å². The molecule has 5 rings (SSSR count). The van der Waals surface area contributed by atoms with Crippen LogP contribution in [0.4, 0.5) is 0 Å². The minimum Gasteiger partial charge on any atom is -0.0955 e. The Balaban J connectivity index is 1.78. The molecule has 0 heterocycles. The van der Waals surface area contributed by atoms with Crippen molar-refractivity contribution in [3.63, 3.8) is 0 Å². The molecule has 3 atom stereocenters. The normalized spacial score (nSPS) is 30.8. The average molecular weight is 505 g/mol. The molecule has 0 spiro atoms. The maximum Gasteiger partial charge on any atom is 0.0194 e. The molecule has 0 saturated heterocycles. The van der Waals surface area contributed by atoms with Gasteiger partial charge in [-0.15, -0.1) is 0 Å². The van der Waals surface area contributed by atoms with Crippen LogP contribution >= 0.6 is 0 Å². The monoisotopic (exact) mass is 504 g/mol. The van der Waals surface area contributed by atoms with Gasteiger partial charge in [-0.2, -0.15) is 0 Å². The van der Waals surface area contributed by atoms with Crippen molar-refractivity contribution >= 4 is 11.1 Å². The van der Waals surface area contributed by atoms with Gasteiger partial charge in [0, 0.05) is 5.41 Å². The van der Waals surface area contributed by atoms with E-state index in [2.05, 4.69) is 94.0 Å². The largest absolute Gasteiger partial charge is 0.0955 e. The van der Waals surface area contributed by atoms with E-state index in [0.29, 0.717) is 5.92 Å². The van der Waals surface area contributed by atoms with E-state index in [1.54, 1.807) is 5.56 Å². The molecule has 0 fully saturated rings. The first-order valence-electron chi connectivity index (χ1n) is 14.6. The van der Waals surface area contributed by atoms with E-state index in [0.717, 1.165) is 31.3 Å². The molecule has 0 unspecified atom stereocenters. The first kappa shape index (κ1) is 27.0. The lowest BCUT2D eigenvalue weighted by Gasteiger charge is -2.62. The van der Waals surface area contributed by atoms with Gasteiger partial charge in [-0.3, -0.25) is 0 Å². The van der Waals surface area contributed by atoms with E-state index in [1.165, 1.54) is 66.8 Å². The minimum absolute atomic E-state index is 0.0616. The quantitative estimate of drug-likeness (QED) is 0.384. The predicted octanol–water partition coefficient (Wildman–Crippen LogP) is 11.0. The summed E-state index contributed by atoms with van der Waals surface area (Å²) in [6.07, 6.45) is 9.01. The highest BCUT2D eigenvalue weighted by atomic mass is 14.6. The molecule has 0 N–H and O–H groups in total. The maximum absolute atomic E-state index is 4.92. The van der Waals surface area contributed by atoms with Crippen molar-refractivity contribution in [3.8, 4) is 0 Å². The Labute approximate surface area is 232 Å². The van der Waals surface area contributed by atoms with E-state index < -0.39 is 0 Å². The zero-order valence-corrected chi connectivity index (χ0v) is 25.8. The number of fused-ring (bicyclic) bond motifs is 3. The van der Waals surface area contributed by atoms with Gasteiger partial charge in [0.1, 0.15) is 0 Å². The first-order chi connectivity index (χ1) is 17.6. The van der Waals surface area contributed by atoms with Crippen LogP contribution in [0.5, 0.6) is 0 Å². The summed E-state index contributed by atoms with van der Waals surface area (Å²) in [5.74, 6) is 0.476. The van der Waals surface area contributed by atoms with E-state index in [1.807, 2.05) is 0 Å². The zero-order valence-electron chi connectivity index (χ0n) is 25.8. The van der Waals surface area contributed by atoms with Gasteiger partial charge in [0.05, 0.1) is 0 Å². The Morgan fingerprint density at radius 3 is 2.18 bits per heavy atom. The van der Waals surface area contributed by atoms with E-state index in [-0.39, 0.29) is 16.2 Å². The fourth-order valence-corrected chi connectivity index (χ4v) is 9.32. The SMILES string of the molecule is C=C(C)C1=C(C)C[C@@]2(C)C[C@@]3(C)Cc4c(C(C)C)cc(C5=CC=C(C)C5)c(C)c4C(=C)C3=C(C)[C@@]2(C)C1=C. The number of rotatable bonds is 3. The Morgan fingerprint density at radius 1 is 0.974 bits per heavy atom. The van der Waals surface area contributed by atoms with Crippen molar-refractivity contribution in [1.82, 2.24) is 0 Å². The summed E-state index contributed by atoms with van der Waals surface area (Å²) in [7, 11) is 0. The number of hydrogen-bond acceptors (Lipinski definition) is 0. The third-order valence-electron chi connectivity index (χ3n) is 11.0. The van der Waals surface area contributed by atoms with Crippen LogP contribution in [0.1, 0.15) is 115 Å². The fourth-order valence-electron chi connectivity index (χ4n) is 9.32. The summed E-state index contributed by atoms with van der Waals surface area (Å²) in [4.78, 5) is 0. The molecule has 0 heteroatoms. The van der Waals surface area contributed by atoms with E-state index in [4.69, 9.17) is 13.2 Å². The van der Waals surface area contributed by atoms with Crippen molar-refractivity contribution in [1.29, 1.82) is 0 Å². The summed E-state index contributed by atoms with van der Waals surface area (Å²) in [5, 5.41) is 0. The second-order valence-corrected chi connectivity index (χ2v) is 14.2. The molecule has 4 aliphatic rings. The summed E-state index contributed by atoms with van der Waals surface area (Å²) in [6.45, 7) is 37.7. The van der Waals surface area contributed by atoms with Crippen molar-refractivity contribution in [3.05, 3.63) is 105 Å². The van der Waals surface area contributed by atoms with Gasteiger partial charge < -0.3 is 0 Å². The summed E-state index contributed by atoms with van der Waals surface area (Å²) in [6, 6.07) is 2.53. The summed E-state index contributed by atoms with van der Waals surface area (Å²) >= 11 is 0. The number of hydrogen-bond donors (Lipinski definition) is 0. The van der Waals surface area contributed by atoms with Gasteiger partial charge in [0.15, 0.2) is 0 Å². The highest BCUT2D eigenvalue weighted by Crippen LogP contribution is 2.70. The molecule has 0 radical (unpaired) electrons. The van der Waals surface area contributed by atoms with Crippen LogP contribution in [0.15, 0.2) is 77.0 Å². The van der Waals surface area contributed by atoms with Crippen LogP contribution in [0.3, 0.4) is 0 Å². The Morgan fingerprint density at radius 2 is 1.63 bits per heavy atom. The summed E-state index contributed by atoms with van der Waals surface area (Å²) in [5.41, 5.74) is 19.7. The van der Waals surface area contributed by atoms with Gasteiger partial charge in [-0.1, -0.05) is 94.9 Å². The molecule has 0 nitrogen and oxygen atoms in total. The van der Waals surface area contributed by atoms with Gasteiger partial charge in [-0.25, -0.2) is 0 Å². The van der Waals surface area contributed by atoms with Gasteiger partial charge in [-0.05, 0) is 133 Å². The van der Waals surface area contributed by atoms with Gasteiger partial charge >= 0.3 is 0 Å². The van der Waals surface area contributed by atoms with Crippen LogP contribution in [-0.2, 0) is 6.42 Å². The summed E-state index contributed by atoms with van der Waals surface area (Å²) < 4.78 is 0. The molecule has 0 bridgehead atoms. The second-order valence-electron chi connectivity index (χ2n) is 14.2. The molecule has 0 saturated carbocycles. The molecular weight excluding hydrogens is 456 g/mol. The fraction of sp³-hybridized carbons (Fsp3) is 0.474. The lowest BCUT2D eigenvalue weighted by atomic mass is 9.41. The lowest BCUT2D eigenvalue weighted by molar-refractivity contribution is 0.0543. The van der Waals surface area contributed by atoms with Crippen molar-refractivity contribution in [2.24, 2.45) is 16.2 Å². The van der Waals surface area contributed by atoms with Crippen molar-refractivity contribution < 1.29 is 0 Å². The molecule has 0 aliphatic heterocycles. The van der Waals surface area contributed by atoms with Crippen LogP contribution < -0.4 is 0 Å². The van der Waals surface area contributed by atoms with E-state index in [9.17, 15) is 0 Å². The third-order valence-corrected chi connectivity index (χ3v) is 11.0. The molecule has 4 aliphatic carbocycles. The molecule has 200 valence electrons. The van der Waals surface area contributed by atoms with Crippen LogP contribution in [-0.4, -0.2) is 0 Å². The van der Waals surface area contributed by atoms with Gasteiger partial charge in [0.25, 0.3) is 0 Å². The molecule has 38 heavy (non-hydrogen) atoms. The molecular formula is C38H48. The van der Waals surface area contributed by atoms with Crippen LogP contribution in [0.2, 0.25) is 0 Å².